The molecule has 0 radical (unpaired) electrons. The van der Waals surface area contributed by atoms with Crippen molar-refractivity contribution in [3.8, 4) is 5.75 Å². The second-order valence-corrected chi connectivity index (χ2v) is 11.9. The predicted octanol–water partition coefficient (Wildman–Crippen LogP) is 2.79. The summed E-state index contributed by atoms with van der Waals surface area (Å²) in [7, 11) is -3.68. The lowest BCUT2D eigenvalue weighted by atomic mass is 9.82. The van der Waals surface area contributed by atoms with Crippen LogP contribution in [0.4, 0.5) is 0 Å². The maximum absolute atomic E-state index is 12.7. The van der Waals surface area contributed by atoms with Crippen molar-refractivity contribution in [3.63, 3.8) is 0 Å². The van der Waals surface area contributed by atoms with Crippen LogP contribution in [-0.4, -0.2) is 26.5 Å². The van der Waals surface area contributed by atoms with Gasteiger partial charge in [0.2, 0.25) is 10.0 Å². The number of hydrogen-bond acceptors (Lipinski definition) is 5. The third-order valence-electron chi connectivity index (χ3n) is 4.90. The van der Waals surface area contributed by atoms with Gasteiger partial charge in [-0.3, -0.25) is 4.79 Å². The molecule has 142 valence electrons. The third kappa shape index (κ3) is 4.64. The topological polar surface area (TPSA) is 95.9 Å². The highest BCUT2D eigenvalue weighted by Gasteiger charge is 2.49. The highest BCUT2D eigenvalue weighted by atomic mass is 127. The highest BCUT2D eigenvalue weighted by Crippen LogP contribution is 2.52. The van der Waals surface area contributed by atoms with Crippen LogP contribution in [0.5, 0.6) is 5.75 Å². The van der Waals surface area contributed by atoms with Crippen LogP contribution < -0.4 is 9.84 Å². The van der Waals surface area contributed by atoms with Crippen molar-refractivity contribution in [2.45, 2.75) is 19.3 Å². The minimum atomic E-state index is -3.68. The van der Waals surface area contributed by atoms with E-state index >= 15 is 0 Å². The summed E-state index contributed by atoms with van der Waals surface area (Å²) < 4.78 is 34.2. The largest absolute Gasteiger partial charge is 0.861 e. The molecule has 26 heavy (non-hydrogen) atoms. The van der Waals surface area contributed by atoms with Crippen molar-refractivity contribution in [2.24, 2.45) is 28.1 Å². The summed E-state index contributed by atoms with van der Waals surface area (Å²) in [6.45, 7) is 0. The number of benzene rings is 1. The van der Waals surface area contributed by atoms with E-state index in [1.54, 1.807) is 0 Å². The van der Waals surface area contributed by atoms with E-state index < -0.39 is 21.8 Å². The van der Waals surface area contributed by atoms with Crippen LogP contribution in [0.2, 0.25) is 0 Å². The van der Waals surface area contributed by atoms with E-state index in [0.717, 1.165) is 23.4 Å². The van der Waals surface area contributed by atoms with Gasteiger partial charge in [-0.1, -0.05) is 0 Å². The Morgan fingerprint density at radius 2 is 1.65 bits per heavy atom. The van der Waals surface area contributed by atoms with Crippen LogP contribution in [0.15, 0.2) is 16.5 Å². The normalized spacial score (nSPS) is 28.4. The fourth-order valence-corrected chi connectivity index (χ4v) is 8.17. The molecule has 4 unspecified atom stereocenters. The van der Waals surface area contributed by atoms with Gasteiger partial charge in [-0.25, -0.2) is 8.42 Å². The molecule has 2 aliphatic rings. The smallest absolute Gasteiger partial charge is 0.314 e. The van der Waals surface area contributed by atoms with Gasteiger partial charge in [0.15, 0.2) is 5.75 Å². The number of esters is 1. The van der Waals surface area contributed by atoms with E-state index in [1.807, 2.05) is 12.1 Å². The zero-order chi connectivity index (χ0) is 19.2. The summed E-state index contributed by atoms with van der Waals surface area (Å²) in [5.74, 6) is -0.834. The molecule has 0 amide bonds. The lowest BCUT2D eigenvalue weighted by Gasteiger charge is -2.30. The number of nitrogens with zero attached hydrogens (tertiary/aromatic N) is 1. The van der Waals surface area contributed by atoms with Crippen molar-refractivity contribution in [2.75, 3.05) is 6.26 Å². The molecule has 0 N–H and O–H groups in total. The second-order valence-electron chi connectivity index (χ2n) is 6.72. The molecule has 6 nitrogen and oxygen atoms in total. The van der Waals surface area contributed by atoms with E-state index in [1.165, 1.54) is 0 Å². The molecule has 0 aliphatic heterocycles. The number of halogens is 3. The van der Waals surface area contributed by atoms with E-state index in [-0.39, 0.29) is 23.7 Å². The number of carbonyl (C=O) groups is 1. The molecular weight excluding hydrogens is 699 g/mol. The molecule has 3 rings (SSSR count). The van der Waals surface area contributed by atoms with Crippen molar-refractivity contribution in [1.29, 1.82) is 0 Å². The van der Waals surface area contributed by atoms with Gasteiger partial charge >= 0.3 is 5.97 Å². The van der Waals surface area contributed by atoms with Crippen LogP contribution in [0, 0.1) is 34.4 Å². The summed E-state index contributed by atoms with van der Waals surface area (Å²) >= 11 is 6.53. The number of hydrogen-bond donors (Lipinski definition) is 0. The minimum Gasteiger partial charge on any atom is -0.861 e. The summed E-state index contributed by atoms with van der Waals surface area (Å²) in [4.78, 5) is 12.7. The Balaban J connectivity index is 1.70. The first-order chi connectivity index (χ1) is 12.0. The Morgan fingerprint density at radius 1 is 1.12 bits per heavy atom. The maximum atomic E-state index is 12.7. The standard InChI is InChI=1S/C16H16I3NO5S/c1-26(23,24)20-15(21)10-3-8-2-7(10)4-11(8)16(22)25-14-12(18)5-9(17)6-13(14)19/h5-8,10-11H,2-4H2,1H3,(H,20,21)/p-1. The van der Waals surface area contributed by atoms with Crippen LogP contribution >= 0.6 is 67.8 Å². The van der Waals surface area contributed by atoms with Crippen molar-refractivity contribution >= 4 is 89.7 Å². The summed E-state index contributed by atoms with van der Waals surface area (Å²) in [5, 5.41) is 12.1. The van der Waals surface area contributed by atoms with E-state index in [4.69, 9.17) is 4.74 Å². The second kappa shape index (κ2) is 7.97. The van der Waals surface area contributed by atoms with Gasteiger partial charge in [0.25, 0.3) is 0 Å². The number of fused-ring (bicyclic) bond motifs is 2. The van der Waals surface area contributed by atoms with Crippen molar-refractivity contribution in [1.82, 2.24) is 0 Å². The molecule has 1 aromatic carbocycles. The molecule has 0 saturated heterocycles. The number of carbonyl (C=O) groups excluding carboxylic acids is 1. The molecule has 2 saturated carbocycles. The summed E-state index contributed by atoms with van der Waals surface area (Å²) in [6.07, 6.45) is 2.72. The SMILES string of the molecule is CS(=O)(=O)/N=C(/[O-])C1CC2CC1CC2C(=O)Oc1c(I)cc(I)cc1I. The van der Waals surface area contributed by atoms with Gasteiger partial charge in [0.05, 0.1) is 19.3 Å². The highest BCUT2D eigenvalue weighted by molar-refractivity contribution is 14.1. The van der Waals surface area contributed by atoms with Gasteiger partial charge in [-0.2, -0.15) is 4.40 Å². The fraction of sp³-hybridized carbons (Fsp3) is 0.500. The minimum absolute atomic E-state index is 0.00501. The Bertz CT molecular complexity index is 863. The first-order valence-corrected chi connectivity index (χ1v) is 13.0. The van der Waals surface area contributed by atoms with Gasteiger partial charge in [-0.15, -0.1) is 0 Å². The average Bonchev–Trinajstić information content (AvgIpc) is 3.09. The fourth-order valence-electron chi connectivity index (χ4n) is 3.90. The molecule has 2 aliphatic carbocycles. The predicted molar refractivity (Wildman–Crippen MR) is 120 cm³/mol. The Labute approximate surface area is 193 Å². The van der Waals surface area contributed by atoms with E-state index in [2.05, 4.69) is 72.2 Å². The quantitative estimate of drug-likeness (QED) is 0.157. The molecule has 0 heterocycles. The maximum Gasteiger partial charge on any atom is 0.314 e. The molecule has 0 spiro atoms. The third-order valence-corrected chi connectivity index (χ3v) is 7.64. The van der Waals surface area contributed by atoms with Crippen LogP contribution in [0.1, 0.15) is 19.3 Å². The summed E-state index contributed by atoms with van der Waals surface area (Å²) in [5.41, 5.74) is 0. The zero-order valence-corrected chi connectivity index (χ0v) is 20.9. The number of ether oxygens (including phenoxy) is 1. The molecule has 10 heteroatoms. The number of sulfonamides is 1. The Kier molecular flexibility index (Phi) is 6.44. The first kappa shape index (κ1) is 21.0. The molecular formula is C16H15I3NO5S-. The van der Waals surface area contributed by atoms with E-state index in [0.29, 0.717) is 18.6 Å². The van der Waals surface area contributed by atoms with Crippen molar-refractivity contribution in [3.05, 3.63) is 22.8 Å². The molecule has 4 atom stereocenters. The number of rotatable bonds is 4. The van der Waals surface area contributed by atoms with Gasteiger partial charge in [-0.05, 0) is 123 Å². The van der Waals surface area contributed by atoms with Gasteiger partial charge in [0.1, 0.15) is 0 Å². The van der Waals surface area contributed by atoms with E-state index in [9.17, 15) is 18.3 Å². The Hall–Kier alpha value is 0.300. The first-order valence-electron chi connectivity index (χ1n) is 7.88. The van der Waals surface area contributed by atoms with Gasteiger partial charge in [0, 0.05) is 3.57 Å². The molecule has 0 aromatic heterocycles. The lowest BCUT2D eigenvalue weighted by molar-refractivity contribution is -0.225. The van der Waals surface area contributed by atoms with Crippen LogP contribution in [0.3, 0.4) is 0 Å². The Morgan fingerprint density at radius 3 is 2.15 bits per heavy atom. The molecule has 2 fully saturated rings. The average molecular weight is 714 g/mol. The lowest BCUT2D eigenvalue weighted by Crippen LogP contribution is -2.36. The molecule has 2 bridgehead atoms. The van der Waals surface area contributed by atoms with Crippen LogP contribution in [0.25, 0.3) is 0 Å². The zero-order valence-electron chi connectivity index (χ0n) is 13.6. The van der Waals surface area contributed by atoms with Crippen LogP contribution in [-0.2, 0) is 14.8 Å². The monoisotopic (exact) mass is 714 g/mol. The summed E-state index contributed by atoms with van der Waals surface area (Å²) in [6, 6.07) is 3.90. The van der Waals surface area contributed by atoms with Gasteiger partial charge < -0.3 is 9.84 Å². The molecule has 1 aromatic rings. The van der Waals surface area contributed by atoms with Crippen molar-refractivity contribution < 1.29 is 23.1 Å².